The van der Waals surface area contributed by atoms with Crippen LogP contribution in [-0.2, 0) is 9.53 Å². The Morgan fingerprint density at radius 1 is 0.800 bits per heavy atom. The van der Waals surface area contributed by atoms with E-state index >= 15 is 0 Å². The smallest absolute Gasteiger partial charge is 0.342 e. The zero-order valence-electron chi connectivity index (χ0n) is 16.7. The van der Waals surface area contributed by atoms with E-state index in [1.165, 1.54) is 0 Å². The average molecular weight is 405 g/mol. The van der Waals surface area contributed by atoms with Crippen LogP contribution < -0.4 is 14.8 Å². The molecule has 1 N–H and O–H groups in total. The Hall–Kier alpha value is -3.80. The van der Waals surface area contributed by atoms with Crippen LogP contribution in [0.5, 0.6) is 11.5 Å². The topological polar surface area (TPSA) is 73.9 Å². The lowest BCUT2D eigenvalue weighted by Gasteiger charge is -2.12. The number of anilines is 1. The van der Waals surface area contributed by atoms with Gasteiger partial charge in [0.2, 0.25) is 0 Å². The quantitative estimate of drug-likeness (QED) is 0.426. The predicted molar refractivity (Wildman–Crippen MR) is 114 cm³/mol. The second-order valence-corrected chi connectivity index (χ2v) is 6.45. The lowest BCUT2D eigenvalue weighted by Crippen LogP contribution is -2.21. The van der Waals surface area contributed by atoms with Crippen molar-refractivity contribution in [2.45, 2.75) is 6.92 Å². The summed E-state index contributed by atoms with van der Waals surface area (Å²) in [6, 6.07) is 23.5. The molecule has 6 heteroatoms. The van der Waals surface area contributed by atoms with Crippen molar-refractivity contribution in [1.29, 1.82) is 0 Å². The maximum atomic E-state index is 12.4. The van der Waals surface area contributed by atoms with E-state index in [1.54, 1.807) is 30.3 Å². The number of hydrogen-bond acceptors (Lipinski definition) is 5. The highest BCUT2D eigenvalue weighted by Crippen LogP contribution is 2.19. The van der Waals surface area contributed by atoms with E-state index < -0.39 is 18.5 Å². The van der Waals surface area contributed by atoms with Gasteiger partial charge < -0.3 is 19.5 Å². The molecule has 0 saturated heterocycles. The highest BCUT2D eigenvalue weighted by atomic mass is 16.5. The van der Waals surface area contributed by atoms with E-state index in [0.717, 1.165) is 11.3 Å². The molecule has 0 atom stereocenters. The van der Waals surface area contributed by atoms with Gasteiger partial charge in [0.1, 0.15) is 30.3 Å². The molecule has 3 aromatic carbocycles. The van der Waals surface area contributed by atoms with E-state index in [2.05, 4.69) is 5.32 Å². The molecular formula is C24H23NO5. The molecule has 0 fully saturated rings. The molecule has 6 nitrogen and oxygen atoms in total. The third-order valence-electron chi connectivity index (χ3n) is 4.21. The second kappa shape index (κ2) is 10.7. The van der Waals surface area contributed by atoms with Gasteiger partial charge in [0.05, 0.1) is 0 Å². The van der Waals surface area contributed by atoms with E-state index in [1.807, 2.05) is 55.5 Å². The molecule has 30 heavy (non-hydrogen) atoms. The zero-order chi connectivity index (χ0) is 21.2. The summed E-state index contributed by atoms with van der Waals surface area (Å²) in [5, 5.41) is 2.73. The zero-order valence-corrected chi connectivity index (χ0v) is 16.7. The van der Waals surface area contributed by atoms with Crippen LogP contribution in [0.2, 0.25) is 0 Å². The van der Waals surface area contributed by atoms with Gasteiger partial charge in [-0.3, -0.25) is 4.79 Å². The molecule has 1 amide bonds. The maximum Gasteiger partial charge on any atom is 0.342 e. The number of ether oxygens (including phenoxy) is 3. The molecule has 154 valence electrons. The first-order chi connectivity index (χ1) is 14.6. The summed E-state index contributed by atoms with van der Waals surface area (Å²) in [5.41, 5.74) is 1.86. The third-order valence-corrected chi connectivity index (χ3v) is 4.21. The fourth-order valence-electron chi connectivity index (χ4n) is 2.70. The highest BCUT2D eigenvalue weighted by molar-refractivity contribution is 5.97. The van der Waals surface area contributed by atoms with Crippen LogP contribution in [0.25, 0.3) is 0 Å². The normalized spacial score (nSPS) is 10.2. The van der Waals surface area contributed by atoms with Crippen molar-refractivity contribution in [2.75, 3.05) is 25.1 Å². The summed E-state index contributed by atoms with van der Waals surface area (Å²) in [7, 11) is 0. The number of rotatable bonds is 9. The minimum atomic E-state index is -0.630. The van der Waals surface area contributed by atoms with Crippen LogP contribution >= 0.6 is 0 Å². The van der Waals surface area contributed by atoms with Crippen molar-refractivity contribution in [3.8, 4) is 11.5 Å². The van der Waals surface area contributed by atoms with Gasteiger partial charge >= 0.3 is 5.97 Å². The molecule has 0 aliphatic carbocycles. The summed E-state index contributed by atoms with van der Waals surface area (Å²) in [6.45, 7) is 2.08. The van der Waals surface area contributed by atoms with Crippen LogP contribution in [0.15, 0.2) is 78.9 Å². The molecule has 0 aromatic heterocycles. The van der Waals surface area contributed by atoms with Gasteiger partial charge in [0, 0.05) is 5.69 Å². The number of nitrogens with one attached hydrogen (secondary N) is 1. The lowest BCUT2D eigenvalue weighted by molar-refractivity contribution is -0.119. The van der Waals surface area contributed by atoms with Gasteiger partial charge in [-0.15, -0.1) is 0 Å². The molecule has 0 heterocycles. The van der Waals surface area contributed by atoms with Crippen LogP contribution in [0, 0.1) is 6.92 Å². The third kappa shape index (κ3) is 6.10. The predicted octanol–water partition coefficient (Wildman–Crippen LogP) is 4.25. The summed E-state index contributed by atoms with van der Waals surface area (Å²) in [5.74, 6) is 0.0776. The Balaban J connectivity index is 1.49. The number of carbonyl (C=O) groups is 2. The summed E-state index contributed by atoms with van der Waals surface area (Å²) < 4.78 is 16.4. The van der Waals surface area contributed by atoms with E-state index in [0.29, 0.717) is 18.0 Å². The number of hydrogen-bond donors (Lipinski definition) is 1. The van der Waals surface area contributed by atoms with Crippen molar-refractivity contribution >= 4 is 17.6 Å². The number of para-hydroxylation sites is 3. The largest absolute Gasteiger partial charge is 0.490 e. The van der Waals surface area contributed by atoms with Gasteiger partial charge in [0.25, 0.3) is 5.91 Å². The number of carbonyl (C=O) groups excluding carboxylic acids is 2. The molecule has 0 aliphatic heterocycles. The first kappa shape index (κ1) is 20.9. The van der Waals surface area contributed by atoms with Crippen molar-refractivity contribution in [3.05, 3.63) is 90.0 Å². The van der Waals surface area contributed by atoms with Gasteiger partial charge in [0.15, 0.2) is 6.61 Å². The summed E-state index contributed by atoms with van der Waals surface area (Å²) in [4.78, 5) is 24.5. The molecule has 0 saturated carbocycles. The number of amides is 1. The fourth-order valence-corrected chi connectivity index (χ4v) is 2.70. The molecule has 3 rings (SSSR count). The minimum absolute atomic E-state index is 0.251. The van der Waals surface area contributed by atoms with Crippen LogP contribution in [0.4, 0.5) is 5.69 Å². The number of aryl methyl sites for hydroxylation is 1. The average Bonchev–Trinajstić information content (AvgIpc) is 2.78. The van der Waals surface area contributed by atoms with E-state index in [9.17, 15) is 9.59 Å². The van der Waals surface area contributed by atoms with Gasteiger partial charge in [-0.05, 0) is 42.8 Å². The van der Waals surface area contributed by atoms with Crippen LogP contribution in [-0.4, -0.2) is 31.7 Å². The molecular weight excluding hydrogens is 382 g/mol. The van der Waals surface area contributed by atoms with Crippen molar-refractivity contribution in [3.63, 3.8) is 0 Å². The lowest BCUT2D eigenvalue weighted by atomic mass is 10.2. The Kier molecular flexibility index (Phi) is 7.44. The van der Waals surface area contributed by atoms with Gasteiger partial charge in [-0.1, -0.05) is 48.5 Å². The van der Waals surface area contributed by atoms with E-state index in [-0.39, 0.29) is 12.2 Å². The second-order valence-electron chi connectivity index (χ2n) is 6.45. The first-order valence-corrected chi connectivity index (χ1v) is 9.56. The molecule has 0 unspecified atom stereocenters. The van der Waals surface area contributed by atoms with Crippen molar-refractivity contribution in [1.82, 2.24) is 0 Å². The molecule has 0 bridgehead atoms. The Labute approximate surface area is 175 Å². The molecule has 0 spiro atoms. The van der Waals surface area contributed by atoms with Gasteiger partial charge in [-0.25, -0.2) is 4.79 Å². The van der Waals surface area contributed by atoms with Crippen molar-refractivity contribution in [2.24, 2.45) is 0 Å². The van der Waals surface area contributed by atoms with Crippen LogP contribution in [0.3, 0.4) is 0 Å². The fraction of sp³-hybridized carbons (Fsp3) is 0.167. The molecule has 0 aliphatic rings. The summed E-state index contributed by atoms with van der Waals surface area (Å²) >= 11 is 0. The minimum Gasteiger partial charge on any atom is -0.490 e. The Morgan fingerprint density at radius 2 is 1.47 bits per heavy atom. The standard InChI is InChI=1S/C24H23NO5/c1-18-9-5-7-13-21(18)25-23(26)17-30-24(27)20-12-6-8-14-22(20)29-16-15-28-19-10-3-2-4-11-19/h2-14H,15-17H2,1H3,(H,25,26). The SMILES string of the molecule is Cc1ccccc1NC(=O)COC(=O)c1ccccc1OCCOc1ccccc1. The first-order valence-electron chi connectivity index (χ1n) is 9.56. The number of benzene rings is 3. The monoisotopic (exact) mass is 405 g/mol. The van der Waals surface area contributed by atoms with Gasteiger partial charge in [-0.2, -0.15) is 0 Å². The van der Waals surface area contributed by atoms with Crippen LogP contribution in [0.1, 0.15) is 15.9 Å². The number of esters is 1. The molecule has 0 radical (unpaired) electrons. The van der Waals surface area contributed by atoms with E-state index in [4.69, 9.17) is 14.2 Å². The Morgan fingerprint density at radius 3 is 2.27 bits per heavy atom. The molecule has 3 aromatic rings. The highest BCUT2D eigenvalue weighted by Gasteiger charge is 2.15. The summed E-state index contributed by atoms with van der Waals surface area (Å²) in [6.07, 6.45) is 0. The maximum absolute atomic E-state index is 12.4. The van der Waals surface area contributed by atoms with Crippen molar-refractivity contribution < 1.29 is 23.8 Å². The Bertz CT molecular complexity index is 988.